The molecule has 0 saturated carbocycles. The number of nitrogens with zero attached hydrogens (tertiary/aromatic N) is 1. The van der Waals surface area contributed by atoms with E-state index in [0.29, 0.717) is 34.4 Å². The molecule has 0 spiro atoms. The summed E-state index contributed by atoms with van der Waals surface area (Å²) < 4.78 is 11.3. The smallest absolute Gasteiger partial charge is 0.266 e. The van der Waals surface area contributed by atoms with E-state index in [1.165, 1.54) is 6.08 Å². The highest BCUT2D eigenvalue weighted by Crippen LogP contribution is 2.26. The maximum Gasteiger partial charge on any atom is 0.266 e. The Labute approximate surface area is 192 Å². The summed E-state index contributed by atoms with van der Waals surface area (Å²) in [6.45, 7) is 4.35. The van der Waals surface area contributed by atoms with Crippen LogP contribution in [0.1, 0.15) is 11.1 Å². The molecule has 6 heteroatoms. The van der Waals surface area contributed by atoms with Crippen LogP contribution in [-0.2, 0) is 11.4 Å². The number of benzene rings is 3. The van der Waals surface area contributed by atoms with Crippen molar-refractivity contribution in [2.75, 3.05) is 11.9 Å². The fourth-order valence-electron chi connectivity index (χ4n) is 2.79. The van der Waals surface area contributed by atoms with Crippen molar-refractivity contribution in [3.63, 3.8) is 0 Å². The molecule has 0 radical (unpaired) electrons. The van der Waals surface area contributed by atoms with E-state index in [1.807, 2.05) is 36.4 Å². The topological polar surface area (TPSA) is 71.3 Å². The average molecular weight is 445 g/mol. The summed E-state index contributed by atoms with van der Waals surface area (Å²) in [5.74, 6) is 0.626. The van der Waals surface area contributed by atoms with Crippen LogP contribution < -0.4 is 14.8 Å². The van der Waals surface area contributed by atoms with Gasteiger partial charge in [0.2, 0.25) is 0 Å². The molecule has 3 aromatic rings. The number of halogens is 1. The quantitative estimate of drug-likeness (QED) is 0.248. The fourth-order valence-corrected chi connectivity index (χ4v) is 2.97. The number of ether oxygens (including phenoxy) is 2. The molecule has 0 unspecified atom stereocenters. The highest BCUT2D eigenvalue weighted by atomic mass is 35.5. The van der Waals surface area contributed by atoms with Gasteiger partial charge >= 0.3 is 0 Å². The van der Waals surface area contributed by atoms with E-state index in [1.54, 1.807) is 48.5 Å². The monoisotopic (exact) mass is 444 g/mol. The van der Waals surface area contributed by atoms with Crippen molar-refractivity contribution in [1.29, 1.82) is 5.26 Å². The van der Waals surface area contributed by atoms with Crippen molar-refractivity contribution in [1.82, 2.24) is 0 Å². The molecular formula is C26H21ClN2O3. The highest BCUT2D eigenvalue weighted by Gasteiger charge is 2.12. The lowest BCUT2D eigenvalue weighted by Crippen LogP contribution is -2.13. The summed E-state index contributed by atoms with van der Waals surface area (Å²) in [5.41, 5.74) is 2.04. The highest BCUT2D eigenvalue weighted by molar-refractivity contribution is 6.30. The number of hydrogen-bond donors (Lipinski definition) is 1. The minimum atomic E-state index is -0.542. The third-order valence-electron chi connectivity index (χ3n) is 4.35. The van der Waals surface area contributed by atoms with Gasteiger partial charge in [-0.05, 0) is 54.1 Å². The SMILES string of the molecule is C=CCOc1ccc(Cl)cc1/C=C(\C#N)C(=O)Nc1ccc(OCc2ccccc2)cc1. The Hall–Kier alpha value is -4.01. The van der Waals surface area contributed by atoms with Crippen LogP contribution in [-0.4, -0.2) is 12.5 Å². The van der Waals surface area contributed by atoms with Crippen molar-refractivity contribution in [3.05, 3.63) is 107 Å². The molecule has 0 aliphatic heterocycles. The van der Waals surface area contributed by atoms with E-state index in [4.69, 9.17) is 21.1 Å². The predicted molar refractivity (Wildman–Crippen MR) is 127 cm³/mol. The van der Waals surface area contributed by atoms with Crippen LogP contribution in [0, 0.1) is 11.3 Å². The van der Waals surface area contributed by atoms with Gasteiger partial charge in [0.25, 0.3) is 5.91 Å². The van der Waals surface area contributed by atoms with Crippen molar-refractivity contribution >= 4 is 29.3 Å². The third-order valence-corrected chi connectivity index (χ3v) is 4.59. The first-order valence-electron chi connectivity index (χ1n) is 9.82. The Balaban J connectivity index is 1.68. The third kappa shape index (κ3) is 6.49. The van der Waals surface area contributed by atoms with Crippen LogP contribution in [0.5, 0.6) is 11.5 Å². The molecule has 0 aromatic heterocycles. The van der Waals surface area contributed by atoms with Gasteiger partial charge in [-0.3, -0.25) is 4.79 Å². The van der Waals surface area contributed by atoms with E-state index < -0.39 is 5.91 Å². The zero-order chi connectivity index (χ0) is 22.8. The van der Waals surface area contributed by atoms with Crippen LogP contribution in [0.25, 0.3) is 6.08 Å². The number of anilines is 1. The maximum atomic E-state index is 12.6. The van der Waals surface area contributed by atoms with E-state index in [9.17, 15) is 10.1 Å². The normalized spacial score (nSPS) is 10.7. The van der Waals surface area contributed by atoms with Gasteiger partial charge in [0.15, 0.2) is 0 Å². The number of nitrogens with one attached hydrogen (secondary N) is 1. The van der Waals surface area contributed by atoms with Crippen molar-refractivity contribution < 1.29 is 14.3 Å². The van der Waals surface area contributed by atoms with Gasteiger partial charge in [-0.15, -0.1) is 0 Å². The Kier molecular flexibility index (Phi) is 8.08. The molecule has 0 bridgehead atoms. The molecule has 0 aliphatic carbocycles. The van der Waals surface area contributed by atoms with E-state index in [2.05, 4.69) is 11.9 Å². The Morgan fingerprint density at radius 3 is 2.50 bits per heavy atom. The molecule has 5 nitrogen and oxygen atoms in total. The predicted octanol–water partition coefficient (Wildman–Crippen LogP) is 6.03. The molecule has 0 fully saturated rings. The van der Waals surface area contributed by atoms with Crippen molar-refractivity contribution in [2.24, 2.45) is 0 Å². The van der Waals surface area contributed by atoms with Crippen LogP contribution >= 0.6 is 11.6 Å². The molecule has 32 heavy (non-hydrogen) atoms. The van der Waals surface area contributed by atoms with Gasteiger partial charge in [0, 0.05) is 16.3 Å². The van der Waals surface area contributed by atoms with Gasteiger partial charge in [0.05, 0.1) is 0 Å². The zero-order valence-corrected chi connectivity index (χ0v) is 18.0. The average Bonchev–Trinajstić information content (AvgIpc) is 2.82. The number of hydrogen-bond acceptors (Lipinski definition) is 4. The van der Waals surface area contributed by atoms with Gasteiger partial charge in [0.1, 0.15) is 36.4 Å². The van der Waals surface area contributed by atoms with E-state index >= 15 is 0 Å². The maximum absolute atomic E-state index is 12.6. The lowest BCUT2D eigenvalue weighted by atomic mass is 10.1. The standard InChI is InChI=1S/C26H21ClN2O3/c1-2-14-31-25-13-8-22(27)16-20(25)15-21(17-28)26(30)29-23-9-11-24(12-10-23)32-18-19-6-4-3-5-7-19/h2-13,15-16H,1,14,18H2,(H,29,30)/b21-15+. The largest absolute Gasteiger partial charge is 0.489 e. The lowest BCUT2D eigenvalue weighted by Gasteiger charge is -2.10. The first kappa shape index (κ1) is 22.7. The molecule has 160 valence electrons. The molecule has 0 saturated heterocycles. The summed E-state index contributed by atoms with van der Waals surface area (Å²) in [4.78, 5) is 12.6. The summed E-state index contributed by atoms with van der Waals surface area (Å²) in [5, 5.41) is 12.7. The Bertz CT molecular complexity index is 1150. The van der Waals surface area contributed by atoms with E-state index in [0.717, 1.165) is 5.56 Å². The fraction of sp³-hybridized carbons (Fsp3) is 0.0769. The van der Waals surface area contributed by atoms with Gasteiger partial charge in [-0.1, -0.05) is 54.6 Å². The Morgan fingerprint density at radius 1 is 1.06 bits per heavy atom. The van der Waals surface area contributed by atoms with Crippen LogP contribution in [0.4, 0.5) is 5.69 Å². The first-order valence-corrected chi connectivity index (χ1v) is 10.2. The summed E-state index contributed by atoms with van der Waals surface area (Å²) in [6.07, 6.45) is 3.05. The van der Waals surface area contributed by atoms with E-state index in [-0.39, 0.29) is 12.2 Å². The lowest BCUT2D eigenvalue weighted by molar-refractivity contribution is -0.112. The molecular weight excluding hydrogens is 424 g/mol. The number of rotatable bonds is 9. The van der Waals surface area contributed by atoms with Crippen LogP contribution in [0.15, 0.2) is 91.0 Å². The molecule has 0 heterocycles. The number of nitriles is 1. The van der Waals surface area contributed by atoms with Crippen molar-refractivity contribution in [3.8, 4) is 17.6 Å². The molecule has 3 rings (SSSR count). The van der Waals surface area contributed by atoms with Gasteiger partial charge in [-0.2, -0.15) is 5.26 Å². The van der Waals surface area contributed by atoms with Gasteiger partial charge in [-0.25, -0.2) is 0 Å². The van der Waals surface area contributed by atoms with Crippen LogP contribution in [0.2, 0.25) is 5.02 Å². The van der Waals surface area contributed by atoms with Crippen molar-refractivity contribution in [2.45, 2.75) is 6.61 Å². The van der Waals surface area contributed by atoms with Crippen LogP contribution in [0.3, 0.4) is 0 Å². The minimum Gasteiger partial charge on any atom is -0.489 e. The summed E-state index contributed by atoms with van der Waals surface area (Å²) in [7, 11) is 0. The second kappa shape index (κ2) is 11.4. The minimum absolute atomic E-state index is 0.0832. The second-order valence-corrected chi connectivity index (χ2v) is 7.14. The second-order valence-electron chi connectivity index (χ2n) is 6.70. The summed E-state index contributed by atoms with van der Waals surface area (Å²) >= 11 is 6.07. The first-order chi connectivity index (χ1) is 15.6. The molecule has 3 aromatic carbocycles. The van der Waals surface area contributed by atoms with Gasteiger partial charge < -0.3 is 14.8 Å². The molecule has 0 atom stereocenters. The molecule has 0 aliphatic rings. The molecule has 1 amide bonds. The molecule has 1 N–H and O–H groups in total. The zero-order valence-electron chi connectivity index (χ0n) is 17.3. The number of amides is 1. The number of carbonyl (C=O) groups excluding carboxylic acids is 1. The number of carbonyl (C=O) groups is 1. The summed E-state index contributed by atoms with van der Waals surface area (Å²) in [6, 6.07) is 23.7. The Morgan fingerprint density at radius 2 is 1.81 bits per heavy atom.